The number of unbranched alkanes of at least 4 members (excludes halogenated alkanes) is 3. The lowest BCUT2D eigenvalue weighted by Gasteiger charge is -2.43. The van der Waals surface area contributed by atoms with Crippen LogP contribution in [0.1, 0.15) is 71.1 Å². The molecule has 0 amide bonds. The first-order valence-electron chi connectivity index (χ1n) is 14.0. The minimum atomic E-state index is -0.703. The van der Waals surface area contributed by atoms with Crippen molar-refractivity contribution in [2.75, 3.05) is 6.61 Å². The summed E-state index contributed by atoms with van der Waals surface area (Å²) in [4.78, 5) is 39.4. The molecule has 0 radical (unpaired) electrons. The Morgan fingerprint density at radius 3 is 2.59 bits per heavy atom. The van der Waals surface area contributed by atoms with E-state index < -0.39 is 11.5 Å². The summed E-state index contributed by atoms with van der Waals surface area (Å²) in [5.74, 6) is 0.792. The summed E-state index contributed by atoms with van der Waals surface area (Å²) < 4.78 is 11.5. The topological polar surface area (TPSA) is 90.7 Å². The lowest BCUT2D eigenvalue weighted by Crippen LogP contribution is -2.56. The molecule has 7 heteroatoms. The molecular formula is C32H39N3O4. The number of carbonyl (C=O) groups excluding carboxylic acids is 2. The lowest BCUT2D eigenvalue weighted by molar-refractivity contribution is -0.144. The van der Waals surface area contributed by atoms with Gasteiger partial charge >= 0.3 is 5.97 Å². The minimum absolute atomic E-state index is 0.198. The number of esters is 1. The maximum absolute atomic E-state index is 12.9. The summed E-state index contributed by atoms with van der Waals surface area (Å²) in [7, 11) is 0. The maximum atomic E-state index is 12.9. The van der Waals surface area contributed by atoms with Crippen LogP contribution in [0.2, 0.25) is 0 Å². The van der Waals surface area contributed by atoms with Gasteiger partial charge in [0.2, 0.25) is 5.88 Å². The molecule has 0 spiro atoms. The van der Waals surface area contributed by atoms with Gasteiger partial charge in [0, 0.05) is 30.2 Å². The highest BCUT2D eigenvalue weighted by Gasteiger charge is 2.52. The van der Waals surface area contributed by atoms with Gasteiger partial charge in [0.1, 0.15) is 5.75 Å². The Hall–Kier alpha value is -3.61. The molecule has 3 aromatic rings. The van der Waals surface area contributed by atoms with Crippen LogP contribution >= 0.6 is 0 Å². The quantitative estimate of drug-likeness (QED) is 0.188. The van der Waals surface area contributed by atoms with Crippen LogP contribution in [0.3, 0.4) is 0 Å². The normalized spacial score (nSPS) is 18.1. The summed E-state index contributed by atoms with van der Waals surface area (Å²) in [6.07, 6.45) is 9.08. The number of aryl methyl sites for hydroxylation is 1. The maximum Gasteiger partial charge on any atom is 0.331 e. The smallest absolute Gasteiger partial charge is 0.331 e. The van der Waals surface area contributed by atoms with Gasteiger partial charge in [-0.1, -0.05) is 44.7 Å². The Morgan fingerprint density at radius 1 is 1.10 bits per heavy atom. The molecule has 0 N–H and O–H groups in total. The highest BCUT2D eigenvalue weighted by Crippen LogP contribution is 2.42. The van der Waals surface area contributed by atoms with Gasteiger partial charge in [-0.3, -0.25) is 14.8 Å². The van der Waals surface area contributed by atoms with Crippen molar-refractivity contribution in [3.8, 4) is 11.6 Å². The molecular weight excluding hydrogens is 490 g/mol. The molecule has 7 nitrogen and oxygen atoms in total. The van der Waals surface area contributed by atoms with Gasteiger partial charge in [-0.2, -0.15) is 0 Å². The zero-order valence-electron chi connectivity index (χ0n) is 23.7. The predicted octanol–water partition coefficient (Wildman–Crippen LogP) is 6.84. The number of aliphatic imine (C=N–C) groups is 1. The molecule has 1 aromatic carbocycles. The van der Waals surface area contributed by atoms with E-state index in [2.05, 4.69) is 16.9 Å². The molecule has 39 heavy (non-hydrogen) atoms. The van der Waals surface area contributed by atoms with Crippen LogP contribution in [0.4, 0.5) is 0 Å². The Balaban J connectivity index is 1.52. The van der Waals surface area contributed by atoms with E-state index in [1.165, 1.54) is 0 Å². The molecule has 0 bridgehead atoms. The van der Waals surface area contributed by atoms with Crippen molar-refractivity contribution in [2.24, 2.45) is 16.3 Å². The van der Waals surface area contributed by atoms with Gasteiger partial charge in [0.25, 0.3) is 0 Å². The number of ketones is 1. The number of aromatic nitrogens is 2. The van der Waals surface area contributed by atoms with E-state index in [-0.39, 0.29) is 24.3 Å². The molecule has 0 aliphatic heterocycles. The number of hydrogen-bond donors (Lipinski definition) is 0. The van der Waals surface area contributed by atoms with Crippen LogP contribution < -0.4 is 4.74 Å². The first kappa shape index (κ1) is 28.4. The fourth-order valence-electron chi connectivity index (χ4n) is 5.22. The number of Topliss-reactive ketones (excluding diaryl/α,β-unsaturated/α-hetero) is 1. The number of fused-ring (bicyclic) bond motifs is 1. The van der Waals surface area contributed by atoms with E-state index in [1.807, 2.05) is 57.2 Å². The van der Waals surface area contributed by atoms with Crippen molar-refractivity contribution >= 4 is 28.2 Å². The average molecular weight is 530 g/mol. The number of benzene rings is 1. The van der Waals surface area contributed by atoms with Gasteiger partial charge in [0.05, 0.1) is 23.3 Å². The van der Waals surface area contributed by atoms with Crippen LogP contribution in [-0.4, -0.2) is 40.1 Å². The van der Waals surface area contributed by atoms with E-state index in [0.717, 1.165) is 59.8 Å². The van der Waals surface area contributed by atoms with Crippen LogP contribution in [-0.2, 0) is 20.7 Å². The van der Waals surface area contributed by atoms with E-state index in [1.54, 1.807) is 19.3 Å². The summed E-state index contributed by atoms with van der Waals surface area (Å²) in [5.41, 5.74) is 1.97. The van der Waals surface area contributed by atoms with Crippen molar-refractivity contribution in [1.29, 1.82) is 0 Å². The third-order valence-corrected chi connectivity index (χ3v) is 7.40. The number of pyridine rings is 2. The first-order valence-corrected chi connectivity index (χ1v) is 14.0. The van der Waals surface area contributed by atoms with E-state index in [0.29, 0.717) is 18.1 Å². The standard InChI is InChI=1S/C32H39N3O4/c1-6-8-9-10-11-25-28(32(4,5)29(25)36)35-27(31(37)38-7-2)19-22-12-14-24(15-13-22)39-30-26-20-33-17-16-23(26)18-21(3)34-30/h12-18,20,25,27H,6-11,19H2,1-5H3/t25?,27-/m0/s1. The molecule has 2 atom stereocenters. The van der Waals surface area contributed by atoms with Gasteiger partial charge in [0.15, 0.2) is 11.8 Å². The van der Waals surface area contributed by atoms with Gasteiger partial charge in [-0.05, 0) is 69.3 Å². The highest BCUT2D eigenvalue weighted by atomic mass is 16.5. The van der Waals surface area contributed by atoms with Crippen molar-refractivity contribution in [2.45, 2.75) is 79.2 Å². The summed E-state index contributed by atoms with van der Waals surface area (Å²) in [6.45, 7) is 9.99. The molecule has 2 aromatic heterocycles. The Bertz CT molecular complexity index is 1350. The zero-order valence-corrected chi connectivity index (χ0v) is 23.7. The second-order valence-electron chi connectivity index (χ2n) is 10.8. The molecule has 1 saturated carbocycles. The summed E-state index contributed by atoms with van der Waals surface area (Å²) in [6, 6.07) is 10.8. The van der Waals surface area contributed by atoms with Gasteiger partial charge in [-0.15, -0.1) is 0 Å². The monoisotopic (exact) mass is 529 g/mol. The van der Waals surface area contributed by atoms with Crippen LogP contribution in [0, 0.1) is 18.3 Å². The molecule has 1 aliphatic carbocycles. The number of rotatable bonds is 12. The third kappa shape index (κ3) is 6.52. The Kier molecular flexibility index (Phi) is 9.10. The van der Waals surface area contributed by atoms with Crippen LogP contribution in [0.25, 0.3) is 10.8 Å². The molecule has 0 saturated heterocycles. The number of nitrogens with zero attached hydrogens (tertiary/aromatic N) is 3. The van der Waals surface area contributed by atoms with Crippen molar-refractivity contribution < 1.29 is 19.1 Å². The third-order valence-electron chi connectivity index (χ3n) is 7.40. The van der Waals surface area contributed by atoms with Crippen molar-refractivity contribution in [1.82, 2.24) is 9.97 Å². The number of carbonyl (C=O) groups is 2. The molecule has 1 unspecified atom stereocenters. The zero-order chi connectivity index (χ0) is 28.0. The SMILES string of the molecule is CCCCCCC1C(=O)C(C)(C)C1=N[C@@H](Cc1ccc(Oc2nc(C)cc3ccncc23)cc1)C(=O)OCC. The first-order chi connectivity index (χ1) is 18.7. The fourth-order valence-corrected chi connectivity index (χ4v) is 5.22. The fraction of sp³-hybridized carbons (Fsp3) is 0.469. The van der Waals surface area contributed by atoms with E-state index in [9.17, 15) is 9.59 Å². The number of hydrogen-bond acceptors (Lipinski definition) is 7. The Morgan fingerprint density at radius 2 is 1.87 bits per heavy atom. The molecule has 4 rings (SSSR count). The van der Waals surface area contributed by atoms with Crippen molar-refractivity contribution in [3.63, 3.8) is 0 Å². The van der Waals surface area contributed by atoms with Gasteiger partial charge < -0.3 is 9.47 Å². The minimum Gasteiger partial charge on any atom is -0.464 e. The van der Waals surface area contributed by atoms with E-state index in [4.69, 9.17) is 14.5 Å². The molecule has 1 aliphatic rings. The molecule has 1 fully saturated rings. The largest absolute Gasteiger partial charge is 0.464 e. The second kappa shape index (κ2) is 12.5. The number of ether oxygens (including phenoxy) is 2. The lowest BCUT2D eigenvalue weighted by atomic mass is 9.59. The predicted molar refractivity (Wildman–Crippen MR) is 153 cm³/mol. The molecule has 2 heterocycles. The van der Waals surface area contributed by atoms with Crippen LogP contribution in [0.5, 0.6) is 11.6 Å². The van der Waals surface area contributed by atoms with Crippen molar-refractivity contribution in [3.05, 3.63) is 60.0 Å². The van der Waals surface area contributed by atoms with E-state index >= 15 is 0 Å². The summed E-state index contributed by atoms with van der Waals surface area (Å²) >= 11 is 0. The highest BCUT2D eigenvalue weighted by molar-refractivity contribution is 6.29. The second-order valence-corrected chi connectivity index (χ2v) is 10.8. The Labute approximate surface area is 231 Å². The van der Waals surface area contributed by atoms with Crippen LogP contribution in [0.15, 0.2) is 53.8 Å². The average Bonchev–Trinajstić information content (AvgIpc) is 2.92. The summed E-state index contributed by atoms with van der Waals surface area (Å²) in [5, 5.41) is 1.86. The van der Waals surface area contributed by atoms with Gasteiger partial charge in [-0.25, -0.2) is 9.78 Å². The molecule has 206 valence electrons.